The van der Waals surface area contributed by atoms with Crippen LogP contribution >= 0.6 is 0 Å². The fourth-order valence-electron chi connectivity index (χ4n) is 1.98. The molecule has 1 atom stereocenters. The molecule has 0 aliphatic carbocycles. The number of ether oxygens (including phenoxy) is 1. The number of hydrogen-bond donors (Lipinski definition) is 0. The fourth-order valence-corrected chi connectivity index (χ4v) is 1.98. The van der Waals surface area contributed by atoms with E-state index < -0.39 is 0 Å². The van der Waals surface area contributed by atoms with E-state index in [9.17, 15) is 0 Å². The maximum atomic E-state index is 5.98. The molecule has 1 aromatic carbocycles. The Bertz CT molecular complexity index is 336. The summed E-state index contributed by atoms with van der Waals surface area (Å²) in [5.74, 6) is 2.70. The van der Waals surface area contributed by atoms with Gasteiger partial charge < -0.3 is 4.74 Å². The van der Waals surface area contributed by atoms with E-state index in [1.54, 1.807) is 0 Å². The first-order chi connectivity index (χ1) is 8.88. The number of terminal acetylenes is 1. The van der Waals surface area contributed by atoms with Crippen LogP contribution in [0.3, 0.4) is 0 Å². The summed E-state index contributed by atoms with van der Waals surface area (Å²) >= 11 is 0. The van der Waals surface area contributed by atoms with Crippen molar-refractivity contribution in [1.82, 2.24) is 0 Å². The molecule has 1 nitrogen and oxygen atoms in total. The molecule has 0 spiro atoms. The highest BCUT2D eigenvalue weighted by molar-refractivity contribution is 5.17. The van der Waals surface area contributed by atoms with Crippen molar-refractivity contribution in [3.8, 4) is 12.3 Å². The van der Waals surface area contributed by atoms with Gasteiger partial charge in [-0.1, -0.05) is 56.5 Å². The van der Waals surface area contributed by atoms with Crippen LogP contribution in [-0.4, -0.2) is 6.61 Å². The first-order valence-electron chi connectivity index (χ1n) is 6.98. The molecule has 0 saturated carbocycles. The van der Waals surface area contributed by atoms with Gasteiger partial charge in [0.2, 0.25) is 0 Å². The minimum atomic E-state index is 0.156. The molecule has 0 N–H and O–H groups in total. The van der Waals surface area contributed by atoms with E-state index in [0.717, 1.165) is 25.9 Å². The van der Waals surface area contributed by atoms with Crippen LogP contribution in [0.5, 0.6) is 0 Å². The smallest absolute Gasteiger partial charge is 0.0834 e. The minimum Gasteiger partial charge on any atom is -0.373 e. The van der Waals surface area contributed by atoms with Gasteiger partial charge in [-0.3, -0.25) is 0 Å². The van der Waals surface area contributed by atoms with Gasteiger partial charge in [-0.2, -0.15) is 0 Å². The Labute approximate surface area is 112 Å². The molecule has 18 heavy (non-hydrogen) atoms. The third-order valence-corrected chi connectivity index (χ3v) is 3.04. The molecule has 0 saturated heterocycles. The Morgan fingerprint density at radius 2 is 1.94 bits per heavy atom. The average Bonchev–Trinajstić information content (AvgIpc) is 2.43. The Morgan fingerprint density at radius 3 is 2.61 bits per heavy atom. The van der Waals surface area contributed by atoms with E-state index in [1.165, 1.54) is 24.8 Å². The predicted molar refractivity (Wildman–Crippen MR) is 77.3 cm³/mol. The van der Waals surface area contributed by atoms with Crippen LogP contribution in [0.15, 0.2) is 30.3 Å². The van der Waals surface area contributed by atoms with Crippen molar-refractivity contribution >= 4 is 0 Å². The lowest BCUT2D eigenvalue weighted by molar-refractivity contribution is 0.0450. The molecule has 1 unspecified atom stereocenters. The highest BCUT2D eigenvalue weighted by Gasteiger charge is 2.10. The van der Waals surface area contributed by atoms with E-state index in [0.29, 0.717) is 0 Å². The highest BCUT2D eigenvalue weighted by Crippen LogP contribution is 2.22. The van der Waals surface area contributed by atoms with Crippen LogP contribution in [0.25, 0.3) is 0 Å². The average molecular weight is 244 g/mol. The Morgan fingerprint density at radius 1 is 1.17 bits per heavy atom. The zero-order valence-corrected chi connectivity index (χ0v) is 11.4. The maximum absolute atomic E-state index is 5.98. The van der Waals surface area contributed by atoms with Crippen LogP contribution in [-0.2, 0) is 4.74 Å². The SMILES string of the molecule is C#CCCC(OCCCCCC)c1ccccc1. The monoisotopic (exact) mass is 244 g/mol. The van der Waals surface area contributed by atoms with Gasteiger partial charge in [-0.05, 0) is 18.4 Å². The first kappa shape index (κ1) is 14.8. The van der Waals surface area contributed by atoms with Gasteiger partial charge in [-0.25, -0.2) is 0 Å². The second kappa shape index (κ2) is 9.74. The van der Waals surface area contributed by atoms with Crippen molar-refractivity contribution in [3.05, 3.63) is 35.9 Å². The van der Waals surface area contributed by atoms with Gasteiger partial charge in [0.05, 0.1) is 6.10 Å². The maximum Gasteiger partial charge on any atom is 0.0834 e. The normalized spacial score (nSPS) is 12.0. The van der Waals surface area contributed by atoms with Crippen LogP contribution in [0.4, 0.5) is 0 Å². The number of hydrogen-bond acceptors (Lipinski definition) is 1. The second-order valence-corrected chi connectivity index (χ2v) is 4.57. The summed E-state index contributed by atoms with van der Waals surface area (Å²) in [6.07, 6.45) is 12.1. The summed E-state index contributed by atoms with van der Waals surface area (Å²) in [6.45, 7) is 3.06. The predicted octanol–water partition coefficient (Wildman–Crippen LogP) is 4.74. The van der Waals surface area contributed by atoms with E-state index in [-0.39, 0.29) is 6.10 Å². The molecule has 98 valence electrons. The molecule has 1 heteroatoms. The number of rotatable bonds is 9. The molecule has 0 amide bonds. The van der Waals surface area contributed by atoms with E-state index >= 15 is 0 Å². The minimum absolute atomic E-state index is 0.156. The van der Waals surface area contributed by atoms with Crippen molar-refractivity contribution < 1.29 is 4.74 Å². The number of benzene rings is 1. The van der Waals surface area contributed by atoms with E-state index in [1.807, 2.05) is 6.07 Å². The van der Waals surface area contributed by atoms with Crippen LogP contribution in [0.1, 0.15) is 57.1 Å². The fraction of sp³-hybridized carbons (Fsp3) is 0.529. The van der Waals surface area contributed by atoms with E-state index in [4.69, 9.17) is 11.2 Å². The van der Waals surface area contributed by atoms with Crippen molar-refractivity contribution in [1.29, 1.82) is 0 Å². The molecule has 0 aliphatic heterocycles. The molecule has 1 rings (SSSR count). The van der Waals surface area contributed by atoms with Crippen LogP contribution in [0.2, 0.25) is 0 Å². The van der Waals surface area contributed by atoms with Gasteiger partial charge in [0.15, 0.2) is 0 Å². The van der Waals surface area contributed by atoms with Crippen molar-refractivity contribution in [2.45, 2.75) is 51.6 Å². The van der Waals surface area contributed by atoms with E-state index in [2.05, 4.69) is 37.1 Å². The van der Waals surface area contributed by atoms with Gasteiger partial charge in [0, 0.05) is 13.0 Å². The van der Waals surface area contributed by atoms with Crippen molar-refractivity contribution in [2.24, 2.45) is 0 Å². The summed E-state index contributed by atoms with van der Waals surface area (Å²) in [5, 5.41) is 0. The second-order valence-electron chi connectivity index (χ2n) is 4.57. The molecular weight excluding hydrogens is 220 g/mol. The summed E-state index contributed by atoms with van der Waals surface area (Å²) in [7, 11) is 0. The molecule has 0 heterocycles. The van der Waals surface area contributed by atoms with Crippen molar-refractivity contribution in [2.75, 3.05) is 6.61 Å². The Kier molecular flexibility index (Phi) is 8.01. The van der Waals surface area contributed by atoms with Gasteiger partial charge in [0.25, 0.3) is 0 Å². The lowest BCUT2D eigenvalue weighted by atomic mass is 10.0. The lowest BCUT2D eigenvalue weighted by Gasteiger charge is -2.17. The van der Waals surface area contributed by atoms with Gasteiger partial charge >= 0.3 is 0 Å². The summed E-state index contributed by atoms with van der Waals surface area (Å²) in [4.78, 5) is 0. The summed E-state index contributed by atoms with van der Waals surface area (Å²) < 4.78 is 5.98. The summed E-state index contributed by atoms with van der Waals surface area (Å²) in [5.41, 5.74) is 1.24. The molecule has 0 fully saturated rings. The zero-order chi connectivity index (χ0) is 13.1. The topological polar surface area (TPSA) is 9.23 Å². The molecule has 0 aromatic heterocycles. The first-order valence-corrected chi connectivity index (χ1v) is 6.98. The van der Waals surface area contributed by atoms with Crippen LogP contribution < -0.4 is 0 Å². The third kappa shape index (κ3) is 5.89. The standard InChI is InChI=1S/C17H24O/c1-3-5-7-11-15-18-17(14-6-4-2)16-12-9-8-10-13-16/h2,8-10,12-13,17H,3,5-7,11,14-15H2,1H3. The lowest BCUT2D eigenvalue weighted by Crippen LogP contribution is -2.05. The van der Waals surface area contributed by atoms with Gasteiger partial charge in [-0.15, -0.1) is 12.3 Å². The summed E-state index contributed by atoms with van der Waals surface area (Å²) in [6, 6.07) is 10.4. The molecule has 0 aliphatic rings. The molecule has 1 aromatic rings. The molecular formula is C17H24O. The number of unbranched alkanes of at least 4 members (excludes halogenated alkanes) is 3. The Balaban J connectivity index is 2.39. The highest BCUT2D eigenvalue weighted by atomic mass is 16.5. The van der Waals surface area contributed by atoms with Crippen LogP contribution in [0, 0.1) is 12.3 Å². The van der Waals surface area contributed by atoms with Crippen molar-refractivity contribution in [3.63, 3.8) is 0 Å². The Hall–Kier alpha value is -1.26. The third-order valence-electron chi connectivity index (χ3n) is 3.04. The molecule has 0 bridgehead atoms. The largest absolute Gasteiger partial charge is 0.373 e. The quantitative estimate of drug-likeness (QED) is 0.450. The zero-order valence-electron chi connectivity index (χ0n) is 11.4. The molecule has 0 radical (unpaired) electrons. The van der Waals surface area contributed by atoms with Gasteiger partial charge in [0.1, 0.15) is 0 Å².